The highest BCUT2D eigenvalue weighted by atomic mass is 15.4. The van der Waals surface area contributed by atoms with Crippen LogP contribution in [-0.4, -0.2) is 9.66 Å². The second-order valence-corrected chi connectivity index (χ2v) is 4.28. The van der Waals surface area contributed by atoms with Crippen LogP contribution in [0.2, 0.25) is 0 Å². The Hall–Kier alpha value is -1.97. The molecule has 0 aliphatic carbocycles. The fraction of sp³-hybridized carbons (Fsp3) is 0.308. The van der Waals surface area contributed by atoms with E-state index in [9.17, 15) is 0 Å². The van der Waals surface area contributed by atoms with Crippen molar-refractivity contribution in [2.45, 2.75) is 27.2 Å². The van der Waals surface area contributed by atoms with Crippen LogP contribution in [0.5, 0.6) is 0 Å². The van der Waals surface area contributed by atoms with Gasteiger partial charge in [-0.3, -0.25) is 0 Å². The molecular weight excluding hydrogens is 212 g/mol. The van der Waals surface area contributed by atoms with Crippen LogP contribution in [-0.2, 0) is 6.42 Å². The SMILES string of the molecule is CCc1nc(-c2ccc(C)c(C)c2)c(N)n1N. The molecule has 0 unspecified atom stereocenters. The molecular formula is C13H18N4. The average Bonchev–Trinajstić information content (AvgIpc) is 2.60. The van der Waals surface area contributed by atoms with Crippen LogP contribution < -0.4 is 11.6 Å². The van der Waals surface area contributed by atoms with E-state index in [4.69, 9.17) is 11.6 Å². The zero-order valence-electron chi connectivity index (χ0n) is 10.5. The van der Waals surface area contributed by atoms with Gasteiger partial charge < -0.3 is 11.6 Å². The number of hydrogen-bond acceptors (Lipinski definition) is 3. The maximum Gasteiger partial charge on any atom is 0.150 e. The van der Waals surface area contributed by atoms with Crippen LogP contribution in [0.15, 0.2) is 18.2 Å². The lowest BCUT2D eigenvalue weighted by atomic mass is 10.0. The maximum atomic E-state index is 5.97. The van der Waals surface area contributed by atoms with Gasteiger partial charge in [0.1, 0.15) is 11.5 Å². The summed E-state index contributed by atoms with van der Waals surface area (Å²) in [6.07, 6.45) is 0.769. The first-order chi connectivity index (χ1) is 8.04. The minimum Gasteiger partial charge on any atom is -0.382 e. The Morgan fingerprint density at radius 1 is 1.24 bits per heavy atom. The van der Waals surface area contributed by atoms with Gasteiger partial charge in [0.15, 0.2) is 5.82 Å². The molecule has 1 heterocycles. The van der Waals surface area contributed by atoms with Gasteiger partial charge in [0, 0.05) is 12.0 Å². The Bertz CT molecular complexity index is 555. The van der Waals surface area contributed by atoms with Gasteiger partial charge in [0.25, 0.3) is 0 Å². The lowest BCUT2D eigenvalue weighted by molar-refractivity contribution is 0.865. The Balaban J connectivity index is 2.56. The van der Waals surface area contributed by atoms with E-state index in [-0.39, 0.29) is 0 Å². The molecule has 0 spiro atoms. The van der Waals surface area contributed by atoms with Crippen LogP contribution in [0.4, 0.5) is 5.82 Å². The third kappa shape index (κ3) is 1.86. The number of hydrogen-bond donors (Lipinski definition) is 2. The summed E-state index contributed by atoms with van der Waals surface area (Å²) in [7, 11) is 0. The van der Waals surface area contributed by atoms with Crippen molar-refractivity contribution in [3.05, 3.63) is 35.2 Å². The highest BCUT2D eigenvalue weighted by Gasteiger charge is 2.13. The molecule has 0 saturated heterocycles. The number of aryl methyl sites for hydroxylation is 3. The molecule has 1 aromatic carbocycles. The van der Waals surface area contributed by atoms with E-state index >= 15 is 0 Å². The minimum atomic E-state index is 0.519. The summed E-state index contributed by atoms with van der Waals surface area (Å²) in [4.78, 5) is 4.48. The van der Waals surface area contributed by atoms with Crippen LogP contribution >= 0.6 is 0 Å². The first-order valence-corrected chi connectivity index (χ1v) is 5.74. The van der Waals surface area contributed by atoms with Crippen molar-refractivity contribution in [1.29, 1.82) is 0 Å². The van der Waals surface area contributed by atoms with Crippen molar-refractivity contribution < 1.29 is 0 Å². The Morgan fingerprint density at radius 3 is 2.47 bits per heavy atom. The molecule has 0 fully saturated rings. The summed E-state index contributed by atoms with van der Waals surface area (Å²) in [5, 5.41) is 0. The van der Waals surface area contributed by atoms with Crippen molar-refractivity contribution in [3.8, 4) is 11.3 Å². The lowest BCUT2D eigenvalue weighted by Gasteiger charge is -2.04. The molecule has 0 aliphatic heterocycles. The molecule has 1 aromatic heterocycles. The van der Waals surface area contributed by atoms with Crippen LogP contribution in [0.1, 0.15) is 23.9 Å². The number of anilines is 1. The van der Waals surface area contributed by atoms with Crippen molar-refractivity contribution in [2.75, 3.05) is 11.6 Å². The number of aromatic nitrogens is 2. The van der Waals surface area contributed by atoms with Crippen molar-refractivity contribution in [2.24, 2.45) is 0 Å². The number of benzene rings is 1. The Morgan fingerprint density at radius 2 is 1.94 bits per heavy atom. The van der Waals surface area contributed by atoms with Gasteiger partial charge >= 0.3 is 0 Å². The largest absolute Gasteiger partial charge is 0.382 e. The number of imidazole rings is 1. The molecule has 90 valence electrons. The van der Waals surface area contributed by atoms with Crippen LogP contribution in [0.3, 0.4) is 0 Å². The highest BCUT2D eigenvalue weighted by molar-refractivity contribution is 5.72. The smallest absolute Gasteiger partial charge is 0.150 e. The molecule has 17 heavy (non-hydrogen) atoms. The van der Waals surface area contributed by atoms with E-state index in [0.717, 1.165) is 23.5 Å². The number of nitrogens with zero attached hydrogens (tertiary/aromatic N) is 2. The quantitative estimate of drug-likeness (QED) is 0.775. The first-order valence-electron chi connectivity index (χ1n) is 5.74. The van der Waals surface area contributed by atoms with Gasteiger partial charge in [-0.25, -0.2) is 9.66 Å². The fourth-order valence-electron chi connectivity index (χ4n) is 1.84. The van der Waals surface area contributed by atoms with Crippen molar-refractivity contribution in [1.82, 2.24) is 9.66 Å². The van der Waals surface area contributed by atoms with Gasteiger partial charge in [-0.2, -0.15) is 0 Å². The number of nitrogen functional groups attached to an aromatic ring is 2. The number of nitrogens with two attached hydrogens (primary N) is 2. The van der Waals surface area contributed by atoms with Crippen molar-refractivity contribution in [3.63, 3.8) is 0 Å². The normalized spacial score (nSPS) is 10.8. The second-order valence-electron chi connectivity index (χ2n) is 4.28. The van der Waals surface area contributed by atoms with Gasteiger partial charge in [0.05, 0.1) is 0 Å². The average molecular weight is 230 g/mol. The van der Waals surface area contributed by atoms with E-state index in [1.54, 1.807) is 0 Å². The summed E-state index contributed by atoms with van der Waals surface area (Å²) >= 11 is 0. The first kappa shape index (κ1) is 11.5. The van der Waals surface area contributed by atoms with Crippen LogP contribution in [0, 0.1) is 13.8 Å². The molecule has 4 nitrogen and oxygen atoms in total. The third-order valence-electron chi connectivity index (χ3n) is 3.12. The van der Waals surface area contributed by atoms with E-state index < -0.39 is 0 Å². The lowest BCUT2D eigenvalue weighted by Crippen LogP contribution is -2.14. The number of rotatable bonds is 2. The molecule has 2 aromatic rings. The zero-order valence-corrected chi connectivity index (χ0v) is 10.5. The van der Waals surface area contributed by atoms with E-state index in [2.05, 4.69) is 31.0 Å². The Kier molecular flexibility index (Phi) is 2.79. The monoisotopic (exact) mass is 230 g/mol. The zero-order chi connectivity index (χ0) is 12.6. The van der Waals surface area contributed by atoms with Gasteiger partial charge in [-0.05, 0) is 31.0 Å². The second kappa shape index (κ2) is 4.13. The molecule has 0 radical (unpaired) electrons. The molecule has 0 atom stereocenters. The van der Waals surface area contributed by atoms with Crippen molar-refractivity contribution >= 4 is 5.82 Å². The summed E-state index contributed by atoms with van der Waals surface area (Å²) in [6.45, 7) is 6.17. The predicted octanol–water partition coefficient (Wildman–Crippen LogP) is 2.03. The molecule has 4 N–H and O–H groups in total. The summed E-state index contributed by atoms with van der Waals surface area (Å²) in [6, 6.07) is 6.19. The molecule has 2 rings (SSSR count). The Labute approximate surface area is 101 Å². The maximum absolute atomic E-state index is 5.97. The highest BCUT2D eigenvalue weighted by Crippen LogP contribution is 2.26. The minimum absolute atomic E-state index is 0.519. The summed E-state index contributed by atoms with van der Waals surface area (Å²) < 4.78 is 1.46. The molecule has 0 saturated carbocycles. The third-order valence-corrected chi connectivity index (χ3v) is 3.12. The van der Waals surface area contributed by atoms with Gasteiger partial charge in [0.2, 0.25) is 0 Å². The standard InChI is InChI=1S/C13H18N4/c1-4-11-16-12(13(14)17(11)15)10-6-5-8(2)9(3)7-10/h5-7H,4,14-15H2,1-3H3. The van der Waals surface area contributed by atoms with Gasteiger partial charge in [-0.1, -0.05) is 19.1 Å². The summed E-state index contributed by atoms with van der Waals surface area (Å²) in [5.74, 6) is 7.17. The molecule has 0 bridgehead atoms. The molecule has 0 amide bonds. The molecule has 4 heteroatoms. The van der Waals surface area contributed by atoms with Crippen LogP contribution in [0.25, 0.3) is 11.3 Å². The van der Waals surface area contributed by atoms with E-state index in [0.29, 0.717) is 5.82 Å². The van der Waals surface area contributed by atoms with E-state index in [1.807, 2.05) is 13.0 Å². The van der Waals surface area contributed by atoms with Gasteiger partial charge in [-0.15, -0.1) is 0 Å². The summed E-state index contributed by atoms with van der Waals surface area (Å²) in [5.41, 5.74) is 10.3. The fourth-order valence-corrected chi connectivity index (χ4v) is 1.84. The van der Waals surface area contributed by atoms with E-state index in [1.165, 1.54) is 15.8 Å². The topological polar surface area (TPSA) is 69.9 Å². The molecule has 0 aliphatic rings. The predicted molar refractivity (Wildman–Crippen MR) is 71.1 cm³/mol.